The van der Waals surface area contributed by atoms with Crippen molar-refractivity contribution in [1.29, 1.82) is 0 Å². The minimum atomic E-state index is -0.218. The lowest BCUT2D eigenvalue weighted by molar-refractivity contribution is -0.0135. The zero-order chi connectivity index (χ0) is 19.6. The van der Waals surface area contributed by atoms with E-state index >= 15 is 0 Å². The molecule has 1 unspecified atom stereocenters. The largest absolute Gasteiger partial charge is 0.441 e. The average Bonchev–Trinajstić information content (AvgIpc) is 3.29. The molecule has 0 aromatic rings. The maximum atomic E-state index is 12.5. The molecule has 1 N–H and O–H groups in total. The number of nitrogens with zero attached hydrogens (tertiary/aromatic N) is 4. The summed E-state index contributed by atoms with van der Waals surface area (Å²) in [6, 6.07) is 1.41. The fraction of sp³-hybridized carbons (Fsp3) is 0.952. The zero-order valence-corrected chi connectivity index (χ0v) is 17.9. The van der Waals surface area contributed by atoms with Crippen molar-refractivity contribution < 1.29 is 9.53 Å². The molecule has 0 saturated carbocycles. The molecule has 4 rings (SSSR count). The first-order valence-electron chi connectivity index (χ1n) is 11.4. The Morgan fingerprint density at radius 1 is 1.11 bits per heavy atom. The summed E-state index contributed by atoms with van der Waals surface area (Å²) in [4.78, 5) is 21.9. The van der Waals surface area contributed by atoms with Crippen LogP contribution < -0.4 is 5.32 Å². The van der Waals surface area contributed by atoms with E-state index in [1.807, 2.05) is 4.90 Å². The summed E-state index contributed by atoms with van der Waals surface area (Å²) in [6.07, 6.45) is 6.73. The number of nitrogens with one attached hydrogen (secondary N) is 1. The molecule has 4 saturated heterocycles. The Bertz CT molecular complexity index is 529. The summed E-state index contributed by atoms with van der Waals surface area (Å²) in [5.41, 5.74) is -0.218. The monoisotopic (exact) mass is 393 g/mol. The maximum Gasteiger partial charge on any atom is 0.410 e. The summed E-state index contributed by atoms with van der Waals surface area (Å²) < 4.78 is 5.94. The molecule has 4 aliphatic rings. The first-order valence-corrected chi connectivity index (χ1v) is 11.4. The molecule has 0 radical (unpaired) electrons. The van der Waals surface area contributed by atoms with Crippen LogP contribution in [0.1, 0.15) is 38.5 Å². The van der Waals surface area contributed by atoms with E-state index in [1.165, 1.54) is 25.8 Å². The van der Waals surface area contributed by atoms with Gasteiger partial charge in [0, 0.05) is 51.1 Å². The molecule has 160 valence electrons. The molecule has 0 aliphatic carbocycles. The highest BCUT2D eigenvalue weighted by Gasteiger charge is 2.47. The standard InChI is InChI=1S/C21H39N5O2/c1-23(2)19-6-13-24(16-19)11-3-12-26-17-21(28-20(26)27)7-14-25(15-8-21)18-4-9-22-10-5-18/h18-19,22H,3-17H2,1-2H3. The predicted octanol–water partition coefficient (Wildman–Crippen LogP) is 1.05. The number of likely N-dealkylation sites (N-methyl/N-ethyl adjacent to an activating group) is 1. The zero-order valence-electron chi connectivity index (χ0n) is 17.9. The number of hydrogen-bond donors (Lipinski definition) is 1. The van der Waals surface area contributed by atoms with E-state index in [0.29, 0.717) is 6.04 Å². The number of ether oxygens (including phenoxy) is 1. The van der Waals surface area contributed by atoms with E-state index in [1.54, 1.807) is 0 Å². The number of amides is 1. The molecule has 7 nitrogen and oxygen atoms in total. The molecule has 4 fully saturated rings. The van der Waals surface area contributed by atoms with Crippen LogP contribution in [-0.4, -0.2) is 116 Å². The van der Waals surface area contributed by atoms with Gasteiger partial charge in [-0.3, -0.25) is 4.90 Å². The lowest BCUT2D eigenvalue weighted by Crippen LogP contribution is -2.52. The van der Waals surface area contributed by atoms with Crippen LogP contribution in [0, 0.1) is 0 Å². The molecule has 7 heteroatoms. The Morgan fingerprint density at radius 3 is 2.54 bits per heavy atom. The van der Waals surface area contributed by atoms with Gasteiger partial charge in [0.1, 0.15) is 5.60 Å². The summed E-state index contributed by atoms with van der Waals surface area (Å²) in [7, 11) is 4.34. The highest BCUT2D eigenvalue weighted by Crippen LogP contribution is 2.34. The Kier molecular flexibility index (Phi) is 6.45. The average molecular weight is 394 g/mol. The van der Waals surface area contributed by atoms with Crippen LogP contribution in [0.25, 0.3) is 0 Å². The molecule has 28 heavy (non-hydrogen) atoms. The molecule has 4 heterocycles. The number of piperidine rings is 2. The van der Waals surface area contributed by atoms with Gasteiger partial charge >= 0.3 is 6.09 Å². The molecule has 1 spiro atoms. The Balaban J connectivity index is 1.19. The van der Waals surface area contributed by atoms with Crippen LogP contribution in [0.2, 0.25) is 0 Å². The molecule has 0 aromatic carbocycles. The lowest BCUT2D eigenvalue weighted by Gasteiger charge is -2.42. The second-order valence-corrected chi connectivity index (χ2v) is 9.55. The molecular formula is C21H39N5O2. The van der Waals surface area contributed by atoms with Crippen molar-refractivity contribution in [3.05, 3.63) is 0 Å². The van der Waals surface area contributed by atoms with Crippen molar-refractivity contribution in [3.63, 3.8) is 0 Å². The quantitative estimate of drug-likeness (QED) is 0.728. The number of likely N-dealkylation sites (tertiary alicyclic amines) is 2. The van der Waals surface area contributed by atoms with Crippen molar-refractivity contribution in [2.24, 2.45) is 0 Å². The van der Waals surface area contributed by atoms with Gasteiger partial charge in [-0.25, -0.2) is 4.79 Å². The van der Waals surface area contributed by atoms with Crippen LogP contribution in [0.5, 0.6) is 0 Å². The summed E-state index contributed by atoms with van der Waals surface area (Å²) in [5, 5.41) is 3.45. The van der Waals surface area contributed by atoms with E-state index < -0.39 is 0 Å². The van der Waals surface area contributed by atoms with E-state index in [2.05, 4.69) is 34.1 Å². The first kappa shape index (κ1) is 20.4. The second-order valence-electron chi connectivity index (χ2n) is 9.55. The van der Waals surface area contributed by atoms with Crippen LogP contribution >= 0.6 is 0 Å². The predicted molar refractivity (Wildman–Crippen MR) is 111 cm³/mol. The first-order chi connectivity index (χ1) is 13.5. The van der Waals surface area contributed by atoms with Crippen molar-refractivity contribution in [3.8, 4) is 0 Å². The van der Waals surface area contributed by atoms with Crippen LogP contribution in [-0.2, 0) is 4.74 Å². The minimum Gasteiger partial charge on any atom is -0.441 e. The second kappa shape index (κ2) is 8.86. The van der Waals surface area contributed by atoms with E-state index in [9.17, 15) is 4.79 Å². The Labute approximate surface area is 170 Å². The Hall–Kier alpha value is -0.890. The van der Waals surface area contributed by atoms with E-state index in [0.717, 1.165) is 77.7 Å². The van der Waals surface area contributed by atoms with Gasteiger partial charge in [0.25, 0.3) is 0 Å². The fourth-order valence-corrected chi connectivity index (χ4v) is 5.52. The van der Waals surface area contributed by atoms with Gasteiger partial charge in [-0.1, -0.05) is 0 Å². The normalized spacial score (nSPS) is 29.9. The van der Waals surface area contributed by atoms with Crippen molar-refractivity contribution in [2.45, 2.75) is 56.2 Å². The molecule has 1 amide bonds. The molecule has 4 aliphatic heterocycles. The topological polar surface area (TPSA) is 51.3 Å². The third kappa shape index (κ3) is 4.64. The van der Waals surface area contributed by atoms with E-state index in [-0.39, 0.29) is 11.7 Å². The van der Waals surface area contributed by atoms with Gasteiger partial charge in [-0.05, 0) is 66.0 Å². The van der Waals surface area contributed by atoms with Crippen molar-refractivity contribution in [2.75, 3.05) is 73.0 Å². The Morgan fingerprint density at radius 2 is 1.86 bits per heavy atom. The maximum absolute atomic E-state index is 12.5. The highest BCUT2D eigenvalue weighted by molar-refractivity contribution is 5.70. The number of rotatable bonds is 6. The molecule has 1 atom stereocenters. The summed E-state index contributed by atoms with van der Waals surface area (Å²) in [5.74, 6) is 0. The van der Waals surface area contributed by atoms with Crippen molar-refractivity contribution >= 4 is 6.09 Å². The molecule has 0 aromatic heterocycles. The fourth-order valence-electron chi connectivity index (χ4n) is 5.52. The number of carbonyl (C=O) groups excluding carboxylic acids is 1. The third-order valence-corrected chi connectivity index (χ3v) is 7.46. The lowest BCUT2D eigenvalue weighted by atomic mass is 9.89. The smallest absolute Gasteiger partial charge is 0.410 e. The van der Waals surface area contributed by atoms with Gasteiger partial charge in [-0.2, -0.15) is 0 Å². The summed E-state index contributed by atoms with van der Waals surface area (Å²) >= 11 is 0. The van der Waals surface area contributed by atoms with Gasteiger partial charge in [0.05, 0.1) is 6.54 Å². The number of hydrogen-bond acceptors (Lipinski definition) is 6. The van der Waals surface area contributed by atoms with Gasteiger partial charge < -0.3 is 24.8 Å². The highest BCUT2D eigenvalue weighted by atomic mass is 16.6. The van der Waals surface area contributed by atoms with Crippen LogP contribution in [0.15, 0.2) is 0 Å². The van der Waals surface area contributed by atoms with Crippen LogP contribution in [0.3, 0.4) is 0 Å². The SMILES string of the molecule is CN(C)C1CCN(CCCN2CC3(CCN(C4CCNCC4)CC3)OC2=O)C1. The molecular weight excluding hydrogens is 354 g/mol. The van der Waals surface area contributed by atoms with Gasteiger partial charge in [-0.15, -0.1) is 0 Å². The summed E-state index contributed by atoms with van der Waals surface area (Å²) in [6.45, 7) is 9.50. The number of carbonyl (C=O) groups is 1. The molecule has 0 bridgehead atoms. The minimum absolute atomic E-state index is 0.0806. The van der Waals surface area contributed by atoms with Gasteiger partial charge in [0.2, 0.25) is 0 Å². The van der Waals surface area contributed by atoms with E-state index in [4.69, 9.17) is 4.74 Å². The van der Waals surface area contributed by atoms with Gasteiger partial charge in [0.15, 0.2) is 0 Å². The third-order valence-electron chi connectivity index (χ3n) is 7.46. The van der Waals surface area contributed by atoms with Crippen molar-refractivity contribution in [1.82, 2.24) is 24.9 Å². The van der Waals surface area contributed by atoms with Crippen LogP contribution in [0.4, 0.5) is 4.79 Å².